The summed E-state index contributed by atoms with van der Waals surface area (Å²) >= 11 is 1.49. The third-order valence-corrected chi connectivity index (χ3v) is 5.35. The number of hydrogen-bond acceptors (Lipinski definition) is 5. The van der Waals surface area contributed by atoms with Crippen LogP contribution in [-0.2, 0) is 22.4 Å². The average molecular weight is 359 g/mol. The zero-order valence-electron chi connectivity index (χ0n) is 14.2. The fourth-order valence-corrected chi connectivity index (χ4v) is 4.02. The highest BCUT2D eigenvalue weighted by atomic mass is 32.1. The number of rotatable bonds is 5. The number of nitrogens with one attached hydrogen (secondary N) is 1. The molecule has 0 saturated heterocycles. The summed E-state index contributed by atoms with van der Waals surface area (Å²) in [6.45, 7) is -0.307. The van der Waals surface area contributed by atoms with Crippen LogP contribution in [0.4, 0.5) is 5.69 Å². The Kier molecular flexibility index (Phi) is 5.71. The number of carbonyl (C=O) groups is 2. The van der Waals surface area contributed by atoms with Crippen LogP contribution in [0.25, 0.3) is 0 Å². The summed E-state index contributed by atoms with van der Waals surface area (Å²) < 4.78 is 10.3. The van der Waals surface area contributed by atoms with Gasteiger partial charge in [-0.3, -0.25) is 4.79 Å². The van der Waals surface area contributed by atoms with E-state index in [1.165, 1.54) is 41.0 Å². The largest absolute Gasteiger partial charge is 0.497 e. The summed E-state index contributed by atoms with van der Waals surface area (Å²) in [6, 6.07) is 8.94. The maximum absolute atomic E-state index is 12.2. The van der Waals surface area contributed by atoms with Crippen LogP contribution in [0.2, 0.25) is 0 Å². The number of carbonyl (C=O) groups excluding carboxylic acids is 2. The number of thiophene rings is 1. The lowest BCUT2D eigenvalue weighted by molar-refractivity contribution is -0.119. The van der Waals surface area contributed by atoms with Crippen LogP contribution in [0.1, 0.15) is 39.4 Å². The Morgan fingerprint density at radius 2 is 2.00 bits per heavy atom. The smallest absolute Gasteiger partial charge is 0.348 e. The monoisotopic (exact) mass is 359 g/mol. The molecule has 25 heavy (non-hydrogen) atoms. The Balaban J connectivity index is 1.54. The lowest BCUT2D eigenvalue weighted by Gasteiger charge is -2.07. The molecule has 0 spiro atoms. The standard InChI is InChI=1S/C19H21NO4S/c1-23-15-8-5-7-14(11-15)20-18(21)12-24-19(22)17-10-13-6-3-2-4-9-16(13)25-17/h5,7-8,10-11H,2-4,6,9,12H2,1H3,(H,20,21). The Hall–Kier alpha value is -2.34. The van der Waals surface area contributed by atoms with E-state index in [0.717, 1.165) is 12.8 Å². The lowest BCUT2D eigenvalue weighted by atomic mass is 10.1. The fourth-order valence-electron chi connectivity index (χ4n) is 2.87. The summed E-state index contributed by atoms with van der Waals surface area (Å²) in [5.41, 5.74) is 1.86. The fraction of sp³-hybridized carbons (Fsp3) is 0.368. The number of methoxy groups -OCH3 is 1. The van der Waals surface area contributed by atoms with E-state index >= 15 is 0 Å². The minimum absolute atomic E-state index is 0.307. The first kappa shape index (κ1) is 17.5. The predicted molar refractivity (Wildman–Crippen MR) is 97.5 cm³/mol. The Morgan fingerprint density at radius 1 is 1.16 bits per heavy atom. The molecule has 0 fully saturated rings. The Labute approximate surface area is 151 Å². The van der Waals surface area contributed by atoms with Crippen LogP contribution in [0, 0.1) is 0 Å². The van der Waals surface area contributed by atoms with Crippen molar-refractivity contribution in [1.82, 2.24) is 0 Å². The summed E-state index contributed by atoms with van der Waals surface area (Å²) in [4.78, 5) is 26.0. The van der Waals surface area contributed by atoms with Crippen molar-refractivity contribution in [3.63, 3.8) is 0 Å². The lowest BCUT2D eigenvalue weighted by Crippen LogP contribution is -2.20. The second kappa shape index (κ2) is 8.16. The third-order valence-electron chi connectivity index (χ3n) is 4.14. The zero-order valence-corrected chi connectivity index (χ0v) is 15.0. The van der Waals surface area contributed by atoms with Crippen molar-refractivity contribution < 1.29 is 19.1 Å². The van der Waals surface area contributed by atoms with Gasteiger partial charge in [-0.05, 0) is 49.4 Å². The van der Waals surface area contributed by atoms with Crippen LogP contribution in [0.3, 0.4) is 0 Å². The maximum atomic E-state index is 12.2. The van der Waals surface area contributed by atoms with E-state index in [1.54, 1.807) is 31.4 Å². The van der Waals surface area contributed by atoms with E-state index in [1.807, 2.05) is 6.07 Å². The van der Waals surface area contributed by atoms with Crippen LogP contribution in [0.5, 0.6) is 5.75 Å². The SMILES string of the molecule is COc1cccc(NC(=O)COC(=O)c2cc3c(s2)CCCCC3)c1. The van der Waals surface area contributed by atoms with E-state index in [4.69, 9.17) is 9.47 Å². The number of benzene rings is 1. The van der Waals surface area contributed by atoms with E-state index in [9.17, 15) is 9.59 Å². The van der Waals surface area contributed by atoms with Crippen molar-refractivity contribution in [1.29, 1.82) is 0 Å². The maximum Gasteiger partial charge on any atom is 0.348 e. The molecule has 1 aromatic heterocycles. The van der Waals surface area contributed by atoms with Crippen LogP contribution in [0.15, 0.2) is 30.3 Å². The molecule has 1 heterocycles. The van der Waals surface area contributed by atoms with Gasteiger partial charge in [0.15, 0.2) is 6.61 Å². The van der Waals surface area contributed by atoms with Crippen molar-refractivity contribution in [3.8, 4) is 5.75 Å². The molecule has 0 bridgehead atoms. The second-order valence-electron chi connectivity index (χ2n) is 5.98. The van der Waals surface area contributed by atoms with Gasteiger partial charge in [0.25, 0.3) is 5.91 Å². The number of fused-ring (bicyclic) bond motifs is 1. The molecule has 132 valence electrons. The van der Waals surface area contributed by atoms with E-state index in [-0.39, 0.29) is 12.5 Å². The van der Waals surface area contributed by atoms with E-state index in [0.29, 0.717) is 16.3 Å². The van der Waals surface area contributed by atoms with Gasteiger partial charge in [0.1, 0.15) is 10.6 Å². The summed E-state index contributed by atoms with van der Waals surface area (Å²) in [7, 11) is 1.56. The molecular weight excluding hydrogens is 338 g/mol. The highest BCUT2D eigenvalue weighted by Gasteiger charge is 2.18. The predicted octanol–water partition coefficient (Wildman–Crippen LogP) is 3.82. The highest BCUT2D eigenvalue weighted by molar-refractivity contribution is 7.14. The van der Waals surface area contributed by atoms with Crippen molar-refractivity contribution in [2.75, 3.05) is 19.0 Å². The van der Waals surface area contributed by atoms with Gasteiger partial charge >= 0.3 is 5.97 Å². The molecule has 0 radical (unpaired) electrons. The van der Waals surface area contributed by atoms with Crippen molar-refractivity contribution in [3.05, 3.63) is 45.6 Å². The molecular formula is C19H21NO4S. The minimum Gasteiger partial charge on any atom is -0.497 e. The van der Waals surface area contributed by atoms with Crippen molar-refractivity contribution in [2.45, 2.75) is 32.1 Å². The summed E-state index contributed by atoms with van der Waals surface area (Å²) in [5.74, 6) is -0.159. The quantitative estimate of drug-likeness (QED) is 0.651. The molecule has 1 aliphatic rings. The normalized spacial score (nSPS) is 13.5. The number of esters is 1. The molecule has 5 nitrogen and oxygen atoms in total. The molecule has 2 aromatic rings. The molecule has 0 unspecified atom stereocenters. The van der Waals surface area contributed by atoms with Crippen LogP contribution in [-0.4, -0.2) is 25.6 Å². The zero-order chi connectivity index (χ0) is 17.6. The van der Waals surface area contributed by atoms with Gasteiger partial charge in [0.2, 0.25) is 0 Å². The molecule has 1 aliphatic carbocycles. The topological polar surface area (TPSA) is 64.6 Å². The molecule has 3 rings (SSSR count). The highest BCUT2D eigenvalue weighted by Crippen LogP contribution is 2.29. The van der Waals surface area contributed by atoms with Gasteiger partial charge in [0.05, 0.1) is 7.11 Å². The first-order chi connectivity index (χ1) is 12.2. The number of anilines is 1. The molecule has 1 N–H and O–H groups in total. The molecule has 0 aliphatic heterocycles. The van der Waals surface area contributed by atoms with Gasteiger partial charge in [-0.15, -0.1) is 11.3 Å². The van der Waals surface area contributed by atoms with Crippen molar-refractivity contribution >= 4 is 28.9 Å². The van der Waals surface area contributed by atoms with Gasteiger partial charge < -0.3 is 14.8 Å². The number of hydrogen-bond donors (Lipinski definition) is 1. The first-order valence-corrected chi connectivity index (χ1v) is 9.20. The van der Waals surface area contributed by atoms with Crippen molar-refractivity contribution in [2.24, 2.45) is 0 Å². The Bertz CT molecular complexity index is 745. The van der Waals surface area contributed by atoms with Gasteiger partial charge in [-0.25, -0.2) is 4.79 Å². The van der Waals surface area contributed by atoms with Crippen LogP contribution >= 0.6 is 11.3 Å². The summed E-state index contributed by atoms with van der Waals surface area (Å²) in [6.07, 6.45) is 5.64. The molecule has 1 aromatic carbocycles. The molecule has 0 atom stereocenters. The number of ether oxygens (including phenoxy) is 2. The van der Waals surface area contributed by atoms with Crippen LogP contribution < -0.4 is 10.1 Å². The van der Waals surface area contributed by atoms with E-state index < -0.39 is 5.97 Å². The third kappa shape index (κ3) is 4.60. The summed E-state index contributed by atoms with van der Waals surface area (Å²) in [5, 5.41) is 2.69. The average Bonchev–Trinajstić information content (AvgIpc) is 2.90. The minimum atomic E-state index is -0.432. The van der Waals surface area contributed by atoms with E-state index in [2.05, 4.69) is 5.32 Å². The van der Waals surface area contributed by atoms with Gasteiger partial charge in [-0.2, -0.15) is 0 Å². The molecule has 1 amide bonds. The second-order valence-corrected chi connectivity index (χ2v) is 7.11. The Morgan fingerprint density at radius 3 is 2.84 bits per heavy atom. The van der Waals surface area contributed by atoms with Gasteiger partial charge in [0, 0.05) is 16.6 Å². The van der Waals surface area contributed by atoms with Gasteiger partial charge in [-0.1, -0.05) is 12.5 Å². The molecule has 0 saturated carbocycles. The first-order valence-electron chi connectivity index (χ1n) is 8.38. The molecule has 6 heteroatoms. The number of aryl methyl sites for hydroxylation is 2. The number of amides is 1.